The van der Waals surface area contributed by atoms with E-state index in [1.165, 1.54) is 0 Å². The van der Waals surface area contributed by atoms with Gasteiger partial charge in [-0.05, 0) is 26.2 Å². The van der Waals surface area contributed by atoms with Crippen LogP contribution in [0, 0.1) is 5.92 Å². The number of amides is 2. The summed E-state index contributed by atoms with van der Waals surface area (Å²) in [5, 5.41) is 5.58. The second kappa shape index (κ2) is 7.61. The molecular weight excluding hydrogens is 306 g/mol. The van der Waals surface area contributed by atoms with E-state index in [9.17, 15) is 13.2 Å². The van der Waals surface area contributed by atoms with Crippen LogP contribution in [0.4, 0.5) is 4.79 Å². The van der Waals surface area contributed by atoms with Gasteiger partial charge < -0.3 is 15.4 Å². The lowest BCUT2D eigenvalue weighted by molar-refractivity contribution is -0.0672. The normalized spacial score (nSPS) is 31.8. The molecule has 0 bridgehead atoms. The molecule has 8 heteroatoms. The monoisotopic (exact) mass is 333 g/mol. The minimum Gasteiger partial charge on any atom is -0.373 e. The summed E-state index contributed by atoms with van der Waals surface area (Å²) in [6, 6.07) is -0.223. The van der Waals surface area contributed by atoms with E-state index in [4.69, 9.17) is 4.74 Å². The number of sulfone groups is 1. The number of nitrogens with zero attached hydrogens (tertiary/aromatic N) is 1. The van der Waals surface area contributed by atoms with Gasteiger partial charge in [-0.15, -0.1) is 0 Å². The number of morpholine rings is 1. The molecular formula is C14H27N3O4S. The van der Waals surface area contributed by atoms with Crippen LogP contribution >= 0.6 is 0 Å². The highest BCUT2D eigenvalue weighted by molar-refractivity contribution is 7.91. The molecule has 0 spiro atoms. The molecule has 0 radical (unpaired) electrons. The summed E-state index contributed by atoms with van der Waals surface area (Å²) in [5.41, 5.74) is 0. The van der Waals surface area contributed by atoms with Gasteiger partial charge in [0, 0.05) is 32.7 Å². The largest absolute Gasteiger partial charge is 0.373 e. The van der Waals surface area contributed by atoms with E-state index in [2.05, 4.69) is 29.4 Å². The van der Waals surface area contributed by atoms with Crippen LogP contribution in [0.3, 0.4) is 0 Å². The van der Waals surface area contributed by atoms with Crippen molar-refractivity contribution in [3.05, 3.63) is 0 Å². The van der Waals surface area contributed by atoms with Gasteiger partial charge in [0.25, 0.3) is 0 Å². The third kappa shape index (κ3) is 5.73. The van der Waals surface area contributed by atoms with Crippen molar-refractivity contribution < 1.29 is 17.9 Å². The van der Waals surface area contributed by atoms with E-state index in [-0.39, 0.29) is 35.7 Å². The van der Waals surface area contributed by atoms with Crippen molar-refractivity contribution in [2.75, 3.05) is 44.2 Å². The Labute approximate surface area is 132 Å². The highest BCUT2D eigenvalue weighted by Crippen LogP contribution is 2.17. The molecule has 3 atom stereocenters. The van der Waals surface area contributed by atoms with Crippen molar-refractivity contribution in [3.8, 4) is 0 Å². The molecule has 0 unspecified atom stereocenters. The molecule has 2 heterocycles. The van der Waals surface area contributed by atoms with E-state index in [1.54, 1.807) is 0 Å². The van der Waals surface area contributed by atoms with E-state index in [0.717, 1.165) is 19.6 Å². The van der Waals surface area contributed by atoms with Gasteiger partial charge in [-0.2, -0.15) is 0 Å². The van der Waals surface area contributed by atoms with Crippen LogP contribution in [-0.2, 0) is 14.6 Å². The maximum atomic E-state index is 11.7. The predicted molar refractivity (Wildman–Crippen MR) is 84.6 cm³/mol. The first-order valence-electron chi connectivity index (χ1n) is 7.94. The lowest BCUT2D eigenvalue weighted by atomic mass is 10.1. The molecule has 2 fully saturated rings. The number of hydrogen-bond acceptors (Lipinski definition) is 5. The van der Waals surface area contributed by atoms with Crippen molar-refractivity contribution in [3.63, 3.8) is 0 Å². The van der Waals surface area contributed by atoms with E-state index in [0.29, 0.717) is 19.5 Å². The fourth-order valence-corrected chi connectivity index (χ4v) is 4.99. The van der Waals surface area contributed by atoms with E-state index >= 15 is 0 Å². The van der Waals surface area contributed by atoms with Crippen molar-refractivity contribution in [2.24, 2.45) is 5.92 Å². The Morgan fingerprint density at radius 3 is 2.50 bits per heavy atom. The highest BCUT2D eigenvalue weighted by atomic mass is 32.2. The molecule has 2 aliphatic rings. The molecule has 0 aromatic carbocycles. The second-order valence-corrected chi connectivity index (χ2v) is 8.65. The minimum absolute atomic E-state index is 0.0525. The third-order valence-corrected chi connectivity index (χ3v) is 5.92. The zero-order valence-electron chi connectivity index (χ0n) is 13.4. The number of nitrogens with one attached hydrogen (secondary N) is 2. The number of carbonyl (C=O) groups excluding carboxylic acids is 1. The summed E-state index contributed by atoms with van der Waals surface area (Å²) >= 11 is 0. The molecule has 0 aliphatic carbocycles. The Kier molecular flexibility index (Phi) is 6.05. The van der Waals surface area contributed by atoms with Crippen LogP contribution < -0.4 is 10.6 Å². The topological polar surface area (TPSA) is 87.7 Å². The van der Waals surface area contributed by atoms with Crippen molar-refractivity contribution in [2.45, 2.75) is 32.5 Å². The number of ether oxygens (including phenoxy) is 1. The molecule has 22 heavy (non-hydrogen) atoms. The smallest absolute Gasteiger partial charge is 0.314 e. The Morgan fingerprint density at radius 2 is 1.91 bits per heavy atom. The Bertz CT molecular complexity index is 472. The summed E-state index contributed by atoms with van der Waals surface area (Å²) in [7, 11) is -2.88. The molecule has 2 rings (SSSR count). The Balaban J connectivity index is 1.58. The van der Waals surface area contributed by atoms with Crippen LogP contribution in [0.25, 0.3) is 0 Å². The molecule has 2 amide bonds. The van der Waals surface area contributed by atoms with Gasteiger partial charge in [0.05, 0.1) is 23.7 Å². The zero-order chi connectivity index (χ0) is 16.2. The summed E-state index contributed by atoms with van der Waals surface area (Å²) in [4.78, 5) is 14.0. The van der Waals surface area contributed by atoms with Gasteiger partial charge >= 0.3 is 6.03 Å². The van der Waals surface area contributed by atoms with Gasteiger partial charge in [-0.1, -0.05) is 0 Å². The van der Waals surface area contributed by atoms with E-state index in [1.807, 2.05) is 0 Å². The SMILES string of the molecule is C[C@@H]1CN(CCNC(=O)NC[C@H]2CCS(=O)(=O)C2)C[C@@H](C)O1. The van der Waals surface area contributed by atoms with Gasteiger partial charge in [0.1, 0.15) is 0 Å². The predicted octanol–water partition coefficient (Wildman–Crippen LogP) is -0.170. The van der Waals surface area contributed by atoms with E-state index < -0.39 is 9.84 Å². The average Bonchev–Trinajstić information content (AvgIpc) is 2.75. The first-order valence-corrected chi connectivity index (χ1v) is 9.76. The molecule has 0 aromatic heterocycles. The lowest BCUT2D eigenvalue weighted by Crippen LogP contribution is -2.48. The fourth-order valence-electron chi connectivity index (χ4n) is 3.13. The number of urea groups is 1. The third-order valence-electron chi connectivity index (χ3n) is 4.09. The van der Waals surface area contributed by atoms with Crippen LogP contribution in [0.1, 0.15) is 20.3 Å². The number of rotatable bonds is 5. The first kappa shape index (κ1) is 17.5. The number of carbonyl (C=O) groups is 1. The van der Waals surface area contributed by atoms with Gasteiger partial charge in [0.15, 0.2) is 9.84 Å². The lowest BCUT2D eigenvalue weighted by Gasteiger charge is -2.35. The van der Waals surface area contributed by atoms with Crippen molar-refractivity contribution in [1.29, 1.82) is 0 Å². The van der Waals surface area contributed by atoms with Crippen molar-refractivity contribution in [1.82, 2.24) is 15.5 Å². The second-order valence-electron chi connectivity index (χ2n) is 6.42. The molecule has 2 N–H and O–H groups in total. The standard InChI is InChI=1S/C14H27N3O4S/c1-11-8-17(9-12(2)21-11)5-4-15-14(18)16-7-13-3-6-22(19,20)10-13/h11-13H,3-10H2,1-2H3,(H2,15,16,18)/t11-,12-,13-/m1/s1. The van der Waals surface area contributed by atoms with Crippen molar-refractivity contribution >= 4 is 15.9 Å². The summed E-state index contributed by atoms with van der Waals surface area (Å²) in [6.45, 7) is 7.67. The summed E-state index contributed by atoms with van der Waals surface area (Å²) in [6.07, 6.45) is 1.09. The fraction of sp³-hybridized carbons (Fsp3) is 0.929. The van der Waals surface area contributed by atoms with Gasteiger partial charge in [0.2, 0.25) is 0 Å². The van der Waals surface area contributed by atoms with Crippen LogP contribution in [0.5, 0.6) is 0 Å². The first-order chi connectivity index (χ1) is 10.3. The van der Waals surface area contributed by atoms with Crippen LogP contribution in [0.2, 0.25) is 0 Å². The Morgan fingerprint density at radius 1 is 1.23 bits per heavy atom. The maximum absolute atomic E-state index is 11.7. The average molecular weight is 333 g/mol. The van der Waals surface area contributed by atoms with Crippen LogP contribution in [-0.4, -0.2) is 75.8 Å². The van der Waals surface area contributed by atoms with Gasteiger partial charge in [-0.3, -0.25) is 4.90 Å². The van der Waals surface area contributed by atoms with Gasteiger partial charge in [-0.25, -0.2) is 13.2 Å². The zero-order valence-corrected chi connectivity index (χ0v) is 14.2. The maximum Gasteiger partial charge on any atom is 0.314 e. The quantitative estimate of drug-likeness (QED) is 0.729. The molecule has 2 aliphatic heterocycles. The highest BCUT2D eigenvalue weighted by Gasteiger charge is 2.28. The summed E-state index contributed by atoms with van der Waals surface area (Å²) in [5.74, 6) is 0.488. The molecule has 0 aromatic rings. The Hall–Kier alpha value is -0.860. The molecule has 2 saturated heterocycles. The number of hydrogen-bond donors (Lipinski definition) is 2. The minimum atomic E-state index is -2.88. The summed E-state index contributed by atoms with van der Waals surface area (Å²) < 4.78 is 28.3. The molecule has 0 saturated carbocycles. The van der Waals surface area contributed by atoms with Crippen LogP contribution in [0.15, 0.2) is 0 Å². The molecule has 7 nitrogen and oxygen atoms in total. The molecule has 128 valence electrons.